The van der Waals surface area contributed by atoms with Crippen molar-refractivity contribution in [3.05, 3.63) is 54.8 Å². The van der Waals surface area contributed by atoms with Gasteiger partial charge in [0, 0.05) is 38.5 Å². The summed E-state index contributed by atoms with van der Waals surface area (Å²) in [5.41, 5.74) is -0.544. The number of hydrogen-bond donors (Lipinski definition) is 0. The molecule has 10 heteroatoms. The number of hydrogen-bond acceptors (Lipinski definition) is 4. The second kappa shape index (κ2) is 10.4. The van der Waals surface area contributed by atoms with Crippen LogP contribution in [0.2, 0.25) is 4.34 Å². The number of alkyl halides is 2. The van der Waals surface area contributed by atoms with Gasteiger partial charge in [-0.1, -0.05) is 23.4 Å². The van der Waals surface area contributed by atoms with Gasteiger partial charge in [0.15, 0.2) is 11.6 Å². The second-order valence-electron chi connectivity index (χ2n) is 7.49. The molecule has 32 heavy (non-hydrogen) atoms. The van der Waals surface area contributed by atoms with E-state index in [-0.39, 0.29) is 29.6 Å². The smallest absolute Gasteiger partial charge is 0.286 e. The molecule has 0 aliphatic carbocycles. The van der Waals surface area contributed by atoms with Crippen molar-refractivity contribution in [3.63, 3.8) is 0 Å². The summed E-state index contributed by atoms with van der Waals surface area (Å²) >= 11 is 7.26. The monoisotopic (exact) mass is 484 g/mol. The van der Waals surface area contributed by atoms with Crippen LogP contribution in [0.5, 0.6) is 0 Å². The van der Waals surface area contributed by atoms with Crippen molar-refractivity contribution in [1.82, 2.24) is 9.47 Å². The highest BCUT2D eigenvalue weighted by atomic mass is 35.5. The molecule has 1 aliphatic heterocycles. The van der Waals surface area contributed by atoms with E-state index < -0.39 is 24.3 Å². The van der Waals surface area contributed by atoms with Crippen molar-refractivity contribution in [3.8, 4) is 11.8 Å². The maximum atomic E-state index is 13.8. The highest BCUT2D eigenvalue weighted by molar-refractivity contribution is 7.18. The minimum absolute atomic E-state index is 0.0462. The van der Waals surface area contributed by atoms with Gasteiger partial charge in [-0.05, 0) is 30.5 Å². The lowest BCUT2D eigenvalue weighted by molar-refractivity contribution is -0.129. The summed E-state index contributed by atoms with van der Waals surface area (Å²) < 4.78 is 39.9. The maximum absolute atomic E-state index is 13.8. The summed E-state index contributed by atoms with van der Waals surface area (Å²) in [6, 6.07) is 2.43. The minimum atomic E-state index is -2.83. The van der Waals surface area contributed by atoms with E-state index in [2.05, 4.69) is 11.8 Å². The topological polar surface area (TPSA) is 59.4 Å². The van der Waals surface area contributed by atoms with Crippen LogP contribution in [0.1, 0.15) is 40.6 Å². The van der Waals surface area contributed by atoms with Crippen LogP contribution in [-0.2, 0) is 17.8 Å². The zero-order chi connectivity index (χ0) is 23.4. The molecule has 170 valence electrons. The predicted octanol–water partition coefficient (Wildman–Crippen LogP) is 4.00. The number of nitrogens with zero attached hydrogens (tertiary/aromatic N) is 2. The highest BCUT2D eigenvalue weighted by Crippen LogP contribution is 2.28. The number of Topliss-reactive ketones (excluding diaryl/α,β-unsaturated/α-hetero) is 1. The molecule has 0 saturated carbocycles. The number of halogens is 4. The quantitative estimate of drug-likeness (QED) is 0.476. The van der Waals surface area contributed by atoms with E-state index in [1.807, 2.05) is 0 Å². The van der Waals surface area contributed by atoms with Crippen molar-refractivity contribution in [1.29, 1.82) is 0 Å². The third-order valence-electron chi connectivity index (χ3n) is 5.11. The Morgan fingerprint density at radius 1 is 1.28 bits per heavy atom. The Kier molecular flexibility index (Phi) is 7.80. The van der Waals surface area contributed by atoms with Crippen LogP contribution >= 0.6 is 22.9 Å². The summed E-state index contributed by atoms with van der Waals surface area (Å²) in [5.74, 6) is 4.73. The number of amides is 1. The largest absolute Gasteiger partial charge is 0.343 e. The molecule has 0 unspecified atom stereocenters. The van der Waals surface area contributed by atoms with Gasteiger partial charge in [-0.2, -0.15) is 0 Å². The van der Waals surface area contributed by atoms with Gasteiger partial charge in [-0.3, -0.25) is 14.4 Å². The molecule has 0 aromatic carbocycles. The van der Waals surface area contributed by atoms with Gasteiger partial charge >= 0.3 is 0 Å². The van der Waals surface area contributed by atoms with E-state index >= 15 is 0 Å². The summed E-state index contributed by atoms with van der Waals surface area (Å²) in [5, 5.41) is 0. The predicted molar refractivity (Wildman–Crippen MR) is 116 cm³/mol. The number of rotatable bonds is 5. The van der Waals surface area contributed by atoms with Crippen LogP contribution in [0.15, 0.2) is 23.1 Å². The average molecular weight is 485 g/mol. The first-order chi connectivity index (χ1) is 15.1. The number of piperidine rings is 1. The van der Waals surface area contributed by atoms with Gasteiger partial charge in [-0.15, -0.1) is 11.3 Å². The van der Waals surface area contributed by atoms with Gasteiger partial charge in [0.1, 0.15) is 4.34 Å². The number of ketones is 1. The Bertz CT molecular complexity index is 1140. The minimum Gasteiger partial charge on any atom is -0.343 e. The Hall–Kier alpha value is -2.57. The molecular formula is C22H20ClF3N2O3S. The highest BCUT2D eigenvalue weighted by Gasteiger charge is 2.20. The fourth-order valence-electron chi connectivity index (χ4n) is 3.42. The molecule has 3 rings (SSSR count). The summed E-state index contributed by atoms with van der Waals surface area (Å²) in [4.78, 5) is 37.7. The van der Waals surface area contributed by atoms with Crippen molar-refractivity contribution in [2.75, 3.05) is 13.1 Å². The average Bonchev–Trinajstić information content (AvgIpc) is 3.11. The molecule has 0 atom stereocenters. The van der Waals surface area contributed by atoms with E-state index in [4.69, 9.17) is 11.6 Å². The van der Waals surface area contributed by atoms with Crippen LogP contribution in [0.3, 0.4) is 0 Å². The van der Waals surface area contributed by atoms with Crippen molar-refractivity contribution in [2.45, 2.75) is 39.2 Å². The van der Waals surface area contributed by atoms with E-state index in [9.17, 15) is 27.6 Å². The van der Waals surface area contributed by atoms with Crippen LogP contribution in [0.4, 0.5) is 13.2 Å². The Balaban J connectivity index is 1.70. The SMILES string of the molecule is CC(=O)N1CCC(C#Cc2cc(C(=O)Cc3cc(F)c(=O)n(CC(F)F)c3)sc2Cl)CC1. The van der Waals surface area contributed by atoms with Crippen LogP contribution in [0, 0.1) is 23.6 Å². The maximum Gasteiger partial charge on any atom is 0.286 e. The molecule has 3 heterocycles. The molecule has 0 spiro atoms. The van der Waals surface area contributed by atoms with Crippen LogP contribution in [0.25, 0.3) is 0 Å². The lowest BCUT2D eigenvalue weighted by Crippen LogP contribution is -2.36. The van der Waals surface area contributed by atoms with Gasteiger partial charge < -0.3 is 9.47 Å². The number of thiophene rings is 1. The van der Waals surface area contributed by atoms with Crippen molar-refractivity contribution < 1.29 is 22.8 Å². The Labute approximate surface area is 191 Å². The van der Waals surface area contributed by atoms with Gasteiger partial charge in [0.05, 0.1) is 17.0 Å². The molecule has 0 radical (unpaired) electrons. The van der Waals surface area contributed by atoms with Crippen molar-refractivity contribution >= 4 is 34.6 Å². The molecular weight excluding hydrogens is 465 g/mol. The first-order valence-corrected chi connectivity index (χ1v) is 11.1. The van der Waals surface area contributed by atoms with Crippen LogP contribution in [-0.4, -0.2) is 40.7 Å². The first-order valence-electron chi connectivity index (χ1n) is 9.90. The fourth-order valence-corrected chi connectivity index (χ4v) is 4.55. The third-order valence-corrected chi connectivity index (χ3v) is 6.51. The van der Waals surface area contributed by atoms with Gasteiger partial charge in [0.25, 0.3) is 12.0 Å². The molecule has 1 fully saturated rings. The summed E-state index contributed by atoms with van der Waals surface area (Å²) in [7, 11) is 0. The molecule has 1 saturated heterocycles. The lowest BCUT2D eigenvalue weighted by atomic mass is 9.97. The Morgan fingerprint density at radius 3 is 2.59 bits per heavy atom. The fraction of sp³-hybridized carbons (Fsp3) is 0.409. The zero-order valence-corrected chi connectivity index (χ0v) is 18.7. The third kappa shape index (κ3) is 6.02. The number of likely N-dealkylation sites (tertiary alicyclic amines) is 1. The molecule has 2 aromatic rings. The molecule has 2 aromatic heterocycles. The standard InChI is InChI=1S/C22H20ClF3N2O3S/c1-13(29)27-6-4-14(5-7-27)2-3-16-10-19(32-21(16)23)18(30)9-15-8-17(24)22(31)28(11-15)12-20(25)26/h8,10-11,14,20H,4-7,9,12H2,1H3. The second-order valence-corrected chi connectivity index (χ2v) is 9.15. The number of pyridine rings is 1. The first kappa shape index (κ1) is 24.1. The van der Waals surface area contributed by atoms with Gasteiger partial charge in [0.2, 0.25) is 5.91 Å². The molecule has 0 N–H and O–H groups in total. The number of carbonyl (C=O) groups excluding carboxylic acids is 2. The zero-order valence-electron chi connectivity index (χ0n) is 17.2. The van der Waals surface area contributed by atoms with Crippen molar-refractivity contribution in [2.24, 2.45) is 5.92 Å². The lowest BCUT2D eigenvalue weighted by Gasteiger charge is -2.28. The van der Waals surface area contributed by atoms with Gasteiger partial charge in [-0.25, -0.2) is 13.2 Å². The summed E-state index contributed by atoms with van der Waals surface area (Å²) in [6.07, 6.45) is -0.503. The number of aromatic nitrogens is 1. The molecule has 1 aliphatic rings. The molecule has 1 amide bonds. The van der Waals surface area contributed by atoms with E-state index in [1.54, 1.807) is 11.0 Å². The normalized spacial score (nSPS) is 14.4. The molecule has 5 nitrogen and oxygen atoms in total. The van der Waals surface area contributed by atoms with E-state index in [0.29, 0.717) is 32.4 Å². The Morgan fingerprint density at radius 2 is 1.97 bits per heavy atom. The van der Waals surface area contributed by atoms with Crippen LogP contribution < -0.4 is 5.56 Å². The summed E-state index contributed by atoms with van der Waals surface area (Å²) in [6.45, 7) is 1.89. The molecule has 0 bridgehead atoms. The van der Waals surface area contributed by atoms with E-state index in [1.165, 1.54) is 6.92 Å². The van der Waals surface area contributed by atoms with E-state index in [0.717, 1.165) is 36.4 Å². The number of carbonyl (C=O) groups is 2.